The molecule has 0 aliphatic carbocycles. The second kappa shape index (κ2) is 21.6. The maximum absolute atomic E-state index is 13.2. The van der Waals surface area contributed by atoms with Crippen LogP contribution in [-0.2, 0) is 49.3 Å². The fraction of sp³-hybridized carbons (Fsp3) is 0.300. The number of esters is 2. The zero-order valence-electron chi connectivity index (χ0n) is 31.0. The van der Waals surface area contributed by atoms with Crippen LogP contribution in [-0.4, -0.2) is 91.0 Å². The summed E-state index contributed by atoms with van der Waals surface area (Å²) in [5.74, 6) is -1.20. The minimum atomic E-state index is -0.491. The molecule has 0 aliphatic rings. The Labute approximate surface area is 322 Å². The van der Waals surface area contributed by atoms with Crippen molar-refractivity contribution < 1.29 is 47.2 Å². The number of halogens is 3. The molecule has 2 aromatic carbocycles. The summed E-state index contributed by atoms with van der Waals surface area (Å²) in [4.78, 5) is 31.8. The van der Waals surface area contributed by atoms with E-state index in [-0.39, 0.29) is 29.6 Å². The summed E-state index contributed by atoms with van der Waals surface area (Å²) >= 11 is 6.01. The highest BCUT2D eigenvalue weighted by Crippen LogP contribution is 2.26. The number of fused-ring (bicyclic) bond motifs is 2. The van der Waals surface area contributed by atoms with E-state index < -0.39 is 11.9 Å². The molecule has 1 N–H and O–H groups in total. The summed E-state index contributed by atoms with van der Waals surface area (Å²) in [5.41, 5.74) is 5.94. The highest BCUT2D eigenvalue weighted by molar-refractivity contribution is 6.18. The quantitative estimate of drug-likeness (QED) is 0.0737. The zero-order valence-corrected chi connectivity index (χ0v) is 31.7. The van der Waals surface area contributed by atoms with Crippen LogP contribution in [0.1, 0.15) is 43.2 Å². The predicted octanol–water partition coefficient (Wildman–Crippen LogP) is 6.55. The van der Waals surface area contributed by atoms with Gasteiger partial charge in [0.05, 0.1) is 70.7 Å². The molecule has 0 bridgehead atoms. The number of hydrogen-bond acceptors (Lipinski definition) is 10. The number of rotatable bonds is 14. The highest BCUT2D eigenvalue weighted by Gasteiger charge is 2.16. The van der Waals surface area contributed by atoms with Crippen molar-refractivity contribution in [3.8, 4) is 0 Å². The molecule has 292 valence electrons. The molecule has 55 heavy (non-hydrogen) atoms. The van der Waals surface area contributed by atoms with E-state index in [0.717, 1.165) is 44.1 Å². The van der Waals surface area contributed by atoms with Gasteiger partial charge in [-0.15, -0.1) is 11.6 Å². The molecule has 4 heterocycles. The van der Waals surface area contributed by atoms with E-state index >= 15 is 0 Å². The van der Waals surface area contributed by atoms with Gasteiger partial charge in [-0.3, -0.25) is 0 Å². The van der Waals surface area contributed by atoms with Gasteiger partial charge in [0.25, 0.3) is 0 Å². The number of carbonyl (C=O) groups excluding carboxylic acids is 2. The molecule has 0 atom stereocenters. The molecule has 0 radical (unpaired) electrons. The molecule has 0 fully saturated rings. The molecule has 6 rings (SSSR count). The van der Waals surface area contributed by atoms with Crippen molar-refractivity contribution in [3.05, 3.63) is 131 Å². The van der Waals surface area contributed by atoms with Crippen molar-refractivity contribution >= 4 is 45.3 Å². The van der Waals surface area contributed by atoms with Crippen LogP contribution in [0.3, 0.4) is 0 Å². The zero-order chi connectivity index (χ0) is 39.7. The molecule has 15 heteroatoms. The summed E-state index contributed by atoms with van der Waals surface area (Å²) in [6, 6.07) is 16.1. The molecule has 0 unspecified atom stereocenters. The predicted molar refractivity (Wildman–Crippen MR) is 203 cm³/mol. The van der Waals surface area contributed by atoms with Crippen molar-refractivity contribution in [1.82, 2.24) is 19.1 Å². The number of carbonyl (C=O) groups is 2. The van der Waals surface area contributed by atoms with Crippen molar-refractivity contribution in [2.45, 2.75) is 25.6 Å². The van der Waals surface area contributed by atoms with Crippen LogP contribution in [0.15, 0.2) is 85.5 Å². The van der Waals surface area contributed by atoms with Gasteiger partial charge in [-0.1, -0.05) is 24.3 Å². The van der Waals surface area contributed by atoms with Gasteiger partial charge in [0, 0.05) is 61.9 Å². The van der Waals surface area contributed by atoms with Crippen LogP contribution in [0.4, 0.5) is 8.78 Å². The molecule has 0 spiro atoms. The average molecular weight is 781 g/mol. The molecular formula is C40H43ClF2N4O8. The van der Waals surface area contributed by atoms with Gasteiger partial charge >= 0.3 is 11.9 Å². The lowest BCUT2D eigenvalue weighted by Gasteiger charge is -2.06. The number of methoxy groups -OCH3 is 4. The minimum absolute atomic E-state index is 0.122. The number of nitrogens with zero attached hydrogens (tertiary/aromatic N) is 4. The molecule has 0 saturated carbocycles. The van der Waals surface area contributed by atoms with E-state index in [4.69, 9.17) is 35.7 Å². The number of aliphatic hydroxyl groups excluding tert-OH is 1. The Kier molecular flexibility index (Phi) is 16.7. The molecule has 0 saturated heterocycles. The average Bonchev–Trinajstić information content (AvgIpc) is 3.74. The summed E-state index contributed by atoms with van der Waals surface area (Å²) in [6.45, 7) is 3.03. The van der Waals surface area contributed by atoms with Gasteiger partial charge in [0.2, 0.25) is 0 Å². The van der Waals surface area contributed by atoms with Crippen LogP contribution in [0.2, 0.25) is 0 Å². The maximum Gasteiger partial charge on any atom is 0.356 e. The van der Waals surface area contributed by atoms with Gasteiger partial charge in [-0.2, -0.15) is 0 Å². The van der Waals surface area contributed by atoms with E-state index in [2.05, 4.69) is 14.7 Å². The maximum atomic E-state index is 13.2. The van der Waals surface area contributed by atoms with Crippen LogP contribution in [0.5, 0.6) is 0 Å². The van der Waals surface area contributed by atoms with Gasteiger partial charge in [0.1, 0.15) is 23.0 Å². The summed E-state index contributed by atoms with van der Waals surface area (Å²) in [7, 11) is 5.81. The lowest BCUT2D eigenvalue weighted by atomic mass is 10.2. The first-order chi connectivity index (χ1) is 26.6. The third kappa shape index (κ3) is 11.9. The second-order valence-corrected chi connectivity index (χ2v) is 12.1. The first-order valence-corrected chi connectivity index (χ1v) is 17.5. The standard InChI is InChI=1S/C20H21FN2O4.C17H14ClFN2O2.C3H8O2/c1-25-7-8-27-13-15-12-23(11-14-3-5-16(21)6-4-14)19-10-22-18(9-17(15)19)20(24)26-2;1-23-17(22)15-6-14-12(7-18)10-21(16(14)8-20-15)9-11-2-4-13(19)5-3-11;1-5-3-2-4/h3-6,9-10,12H,7-8,11,13H2,1-2H3;2-6,8,10H,7,9H2,1H3;4H,2-3H2,1H3. The fourth-order valence-corrected chi connectivity index (χ4v) is 5.64. The van der Waals surface area contributed by atoms with Crippen molar-refractivity contribution in [1.29, 1.82) is 0 Å². The molecule has 6 aromatic rings. The molecule has 12 nitrogen and oxygen atoms in total. The van der Waals surface area contributed by atoms with E-state index in [0.29, 0.717) is 45.4 Å². The Balaban J connectivity index is 0.000000220. The molecule has 4 aromatic heterocycles. The van der Waals surface area contributed by atoms with E-state index in [1.54, 1.807) is 63.0 Å². The van der Waals surface area contributed by atoms with Gasteiger partial charge < -0.3 is 37.9 Å². The lowest BCUT2D eigenvalue weighted by molar-refractivity contribution is 0.0585. The van der Waals surface area contributed by atoms with Gasteiger partial charge in [0.15, 0.2) is 0 Å². The Morgan fingerprint density at radius 3 is 1.55 bits per heavy atom. The Bertz CT molecular complexity index is 2140. The number of aromatic nitrogens is 4. The second-order valence-electron chi connectivity index (χ2n) is 11.9. The topological polar surface area (TPSA) is 136 Å². The van der Waals surface area contributed by atoms with Crippen LogP contribution in [0.25, 0.3) is 21.8 Å². The van der Waals surface area contributed by atoms with Crippen molar-refractivity contribution in [2.75, 3.05) is 54.9 Å². The third-order valence-electron chi connectivity index (χ3n) is 8.15. The van der Waals surface area contributed by atoms with Crippen LogP contribution in [0, 0.1) is 11.6 Å². The number of alkyl halides is 1. The van der Waals surface area contributed by atoms with E-state index in [1.165, 1.54) is 38.5 Å². The van der Waals surface area contributed by atoms with Gasteiger partial charge in [-0.25, -0.2) is 28.3 Å². The minimum Gasteiger partial charge on any atom is -0.464 e. The number of pyridine rings is 2. The molecular weight excluding hydrogens is 738 g/mol. The summed E-state index contributed by atoms with van der Waals surface area (Å²) < 4.78 is 54.7. The van der Waals surface area contributed by atoms with Crippen LogP contribution >= 0.6 is 11.6 Å². The monoisotopic (exact) mass is 780 g/mol. The Morgan fingerprint density at radius 2 is 1.15 bits per heavy atom. The summed E-state index contributed by atoms with van der Waals surface area (Å²) in [5, 5.41) is 9.67. The molecule has 0 amide bonds. The lowest BCUT2D eigenvalue weighted by Crippen LogP contribution is -2.04. The fourth-order valence-electron chi connectivity index (χ4n) is 5.43. The molecule has 0 aliphatic heterocycles. The SMILES string of the molecule is COC(=O)c1cc2c(CCl)cn(Cc3ccc(F)cc3)c2cn1.COCCO.COCCOCc1cn(Cc2ccc(F)cc2)c2cnc(C(=O)OC)cc12. The first kappa shape index (κ1) is 42.5. The summed E-state index contributed by atoms with van der Waals surface area (Å²) in [6.07, 6.45) is 7.15. The van der Waals surface area contributed by atoms with Crippen LogP contribution < -0.4 is 0 Å². The smallest absolute Gasteiger partial charge is 0.356 e. The van der Waals surface area contributed by atoms with Crippen molar-refractivity contribution in [2.24, 2.45) is 0 Å². The number of aliphatic hydroxyl groups is 1. The third-order valence-corrected chi connectivity index (χ3v) is 8.44. The van der Waals surface area contributed by atoms with E-state index in [9.17, 15) is 18.4 Å². The van der Waals surface area contributed by atoms with Gasteiger partial charge in [-0.05, 0) is 53.1 Å². The van der Waals surface area contributed by atoms with E-state index in [1.807, 2.05) is 21.5 Å². The number of ether oxygens (including phenoxy) is 5. The number of benzene rings is 2. The van der Waals surface area contributed by atoms with Crippen molar-refractivity contribution in [3.63, 3.8) is 0 Å². The Morgan fingerprint density at radius 1 is 0.691 bits per heavy atom. The first-order valence-electron chi connectivity index (χ1n) is 17.0. The Hall–Kier alpha value is -5.25. The normalized spacial score (nSPS) is 10.8. The highest BCUT2D eigenvalue weighted by atomic mass is 35.5. The number of hydrogen-bond donors (Lipinski definition) is 1. The largest absolute Gasteiger partial charge is 0.464 e.